The van der Waals surface area contributed by atoms with Gasteiger partial charge in [0.1, 0.15) is 0 Å². The Labute approximate surface area is 72.8 Å². The molecule has 0 spiro atoms. The first kappa shape index (κ1) is 11.1. The van der Waals surface area contributed by atoms with Gasteiger partial charge in [-0.15, -0.1) is 6.58 Å². The number of nitrogens with zero attached hydrogens (tertiary/aromatic N) is 1. The lowest BCUT2D eigenvalue weighted by Gasteiger charge is -2.20. The number of aliphatic carboxylic acids is 1. The Kier molecular flexibility index (Phi) is 5.32. The maximum absolute atomic E-state index is 10.4. The fraction of sp³-hybridized carbons (Fsp3) is 0.625. The Hall–Kier alpha value is -0.870. The second-order valence-corrected chi connectivity index (χ2v) is 2.84. The highest BCUT2D eigenvalue weighted by Gasteiger charge is 2.11. The van der Waals surface area contributed by atoms with Crippen LogP contribution in [0.5, 0.6) is 0 Å². The number of carbonyl (C=O) groups is 1. The molecule has 1 unspecified atom stereocenters. The van der Waals surface area contributed by atoms with Gasteiger partial charge in [-0.25, -0.2) is 0 Å². The van der Waals surface area contributed by atoms with Crippen molar-refractivity contribution in [3.63, 3.8) is 0 Å². The summed E-state index contributed by atoms with van der Waals surface area (Å²) in [5, 5.41) is 10.3. The summed E-state index contributed by atoms with van der Waals surface area (Å²) in [6, 6.07) is -0.0602. The van der Waals surface area contributed by atoms with Crippen molar-refractivity contribution in [2.24, 2.45) is 0 Å². The second kappa shape index (κ2) is 5.74. The maximum Gasteiger partial charge on any atom is 0.304 e. The van der Waals surface area contributed by atoms with Crippen LogP contribution in [0.3, 0.4) is 0 Å². The van der Waals surface area contributed by atoms with E-state index in [4.69, 9.17) is 5.11 Å². The molecule has 0 bridgehead atoms. The average molecular weight is 172 g/mol. The van der Waals surface area contributed by atoms with Crippen molar-refractivity contribution in [2.45, 2.75) is 18.9 Å². The molecule has 12 heavy (non-hydrogen) atoms. The third-order valence-corrected chi connectivity index (χ3v) is 1.31. The van der Waals surface area contributed by atoms with E-state index in [-0.39, 0.29) is 12.5 Å². The zero-order valence-electron chi connectivity index (χ0n) is 7.58. The number of carboxylic acids is 1. The Morgan fingerprint density at radius 3 is 2.67 bits per heavy atom. The summed E-state index contributed by atoms with van der Waals surface area (Å²) >= 11 is 0. The smallest absolute Gasteiger partial charge is 0.304 e. The topological polar surface area (TPSA) is 52.6 Å². The van der Waals surface area contributed by atoms with E-state index in [1.807, 2.05) is 14.1 Å². The predicted molar refractivity (Wildman–Crippen MR) is 47.7 cm³/mol. The minimum Gasteiger partial charge on any atom is -0.481 e. The predicted octanol–water partition coefficient (Wildman–Crippen LogP) is 0.472. The Morgan fingerprint density at radius 2 is 2.33 bits per heavy atom. The van der Waals surface area contributed by atoms with Gasteiger partial charge in [-0.1, -0.05) is 6.08 Å². The van der Waals surface area contributed by atoms with Crippen molar-refractivity contribution in [2.75, 3.05) is 14.1 Å². The van der Waals surface area contributed by atoms with Crippen LogP contribution in [0.15, 0.2) is 12.7 Å². The van der Waals surface area contributed by atoms with Crippen LogP contribution in [0.2, 0.25) is 0 Å². The summed E-state index contributed by atoms with van der Waals surface area (Å²) < 4.78 is 0. The largest absolute Gasteiger partial charge is 0.481 e. The van der Waals surface area contributed by atoms with Crippen molar-refractivity contribution in [1.82, 2.24) is 10.4 Å². The molecule has 70 valence electrons. The molecule has 0 saturated carbocycles. The van der Waals surface area contributed by atoms with Gasteiger partial charge in [0.2, 0.25) is 0 Å². The fourth-order valence-electron chi connectivity index (χ4n) is 0.959. The van der Waals surface area contributed by atoms with E-state index < -0.39 is 5.97 Å². The lowest BCUT2D eigenvalue weighted by atomic mass is 10.1. The number of rotatable bonds is 6. The van der Waals surface area contributed by atoms with Gasteiger partial charge >= 0.3 is 5.97 Å². The van der Waals surface area contributed by atoms with E-state index >= 15 is 0 Å². The zero-order valence-corrected chi connectivity index (χ0v) is 7.58. The molecule has 4 nitrogen and oxygen atoms in total. The summed E-state index contributed by atoms with van der Waals surface area (Å²) in [7, 11) is 3.66. The van der Waals surface area contributed by atoms with E-state index in [1.54, 1.807) is 11.1 Å². The van der Waals surface area contributed by atoms with E-state index in [0.717, 1.165) is 0 Å². The molecule has 0 aliphatic heterocycles. The number of nitrogens with one attached hydrogen (secondary N) is 1. The lowest BCUT2D eigenvalue weighted by Crippen LogP contribution is -2.40. The van der Waals surface area contributed by atoms with Crippen molar-refractivity contribution < 1.29 is 9.90 Å². The molecule has 0 heterocycles. The van der Waals surface area contributed by atoms with E-state index in [1.165, 1.54) is 0 Å². The van der Waals surface area contributed by atoms with Gasteiger partial charge in [-0.2, -0.15) is 0 Å². The molecule has 0 radical (unpaired) electrons. The number of hydrazine groups is 1. The number of hydrogen-bond acceptors (Lipinski definition) is 3. The van der Waals surface area contributed by atoms with Gasteiger partial charge in [-0.05, 0) is 6.42 Å². The summed E-state index contributed by atoms with van der Waals surface area (Å²) in [5.74, 6) is -0.795. The molecule has 0 rings (SSSR count). The minimum absolute atomic E-state index is 0.0602. The van der Waals surface area contributed by atoms with E-state index in [9.17, 15) is 4.79 Å². The minimum atomic E-state index is -0.795. The van der Waals surface area contributed by atoms with Crippen LogP contribution in [-0.4, -0.2) is 36.2 Å². The highest BCUT2D eigenvalue weighted by molar-refractivity contribution is 5.67. The van der Waals surface area contributed by atoms with Gasteiger partial charge in [0, 0.05) is 20.1 Å². The van der Waals surface area contributed by atoms with Crippen LogP contribution in [0, 0.1) is 0 Å². The molecular weight excluding hydrogens is 156 g/mol. The van der Waals surface area contributed by atoms with Gasteiger partial charge in [-0.3, -0.25) is 15.2 Å². The van der Waals surface area contributed by atoms with Gasteiger partial charge in [0.15, 0.2) is 0 Å². The quantitative estimate of drug-likeness (QED) is 0.452. The second-order valence-electron chi connectivity index (χ2n) is 2.84. The standard InChI is InChI=1S/C8H16N2O2/c1-4-5-7(6-8(11)12)9-10(2)3/h4,7,9H,1,5-6H2,2-3H3,(H,11,12). The Bertz CT molecular complexity index is 157. The first-order valence-electron chi connectivity index (χ1n) is 3.82. The molecule has 1 atom stereocenters. The highest BCUT2D eigenvalue weighted by atomic mass is 16.4. The van der Waals surface area contributed by atoms with Crippen molar-refractivity contribution in [3.8, 4) is 0 Å². The Morgan fingerprint density at radius 1 is 1.75 bits per heavy atom. The van der Waals surface area contributed by atoms with Crippen molar-refractivity contribution in [3.05, 3.63) is 12.7 Å². The monoisotopic (exact) mass is 172 g/mol. The van der Waals surface area contributed by atoms with Gasteiger partial charge in [0.25, 0.3) is 0 Å². The van der Waals surface area contributed by atoms with Crippen LogP contribution in [0.25, 0.3) is 0 Å². The Balaban J connectivity index is 3.85. The normalized spacial score (nSPS) is 12.9. The third kappa shape index (κ3) is 5.88. The van der Waals surface area contributed by atoms with Gasteiger partial charge in [0.05, 0.1) is 6.42 Å². The van der Waals surface area contributed by atoms with Crippen molar-refractivity contribution >= 4 is 5.97 Å². The van der Waals surface area contributed by atoms with Crippen LogP contribution in [0.4, 0.5) is 0 Å². The van der Waals surface area contributed by atoms with Crippen LogP contribution < -0.4 is 5.43 Å². The molecular formula is C8H16N2O2. The number of carboxylic acid groups (broad SMARTS) is 1. The van der Waals surface area contributed by atoms with Gasteiger partial charge < -0.3 is 5.11 Å². The first-order valence-corrected chi connectivity index (χ1v) is 3.82. The van der Waals surface area contributed by atoms with E-state index in [2.05, 4.69) is 12.0 Å². The van der Waals surface area contributed by atoms with Crippen LogP contribution >= 0.6 is 0 Å². The fourth-order valence-corrected chi connectivity index (χ4v) is 0.959. The first-order chi connectivity index (χ1) is 5.56. The zero-order chi connectivity index (χ0) is 9.56. The molecule has 4 heteroatoms. The summed E-state index contributed by atoms with van der Waals surface area (Å²) in [6.07, 6.45) is 2.48. The third-order valence-electron chi connectivity index (χ3n) is 1.31. The SMILES string of the molecule is C=CCC(CC(=O)O)NN(C)C. The molecule has 0 aliphatic carbocycles. The summed E-state index contributed by atoms with van der Waals surface area (Å²) in [6.45, 7) is 3.56. The van der Waals surface area contributed by atoms with Crippen LogP contribution in [-0.2, 0) is 4.79 Å². The number of hydrogen-bond donors (Lipinski definition) is 2. The molecule has 0 aromatic heterocycles. The molecule has 0 aliphatic rings. The summed E-state index contributed by atoms with van der Waals surface area (Å²) in [5.41, 5.74) is 2.99. The molecule has 2 N–H and O–H groups in total. The maximum atomic E-state index is 10.4. The molecule has 0 amide bonds. The van der Waals surface area contributed by atoms with E-state index in [0.29, 0.717) is 6.42 Å². The van der Waals surface area contributed by atoms with Crippen LogP contribution in [0.1, 0.15) is 12.8 Å². The molecule has 0 aromatic carbocycles. The molecule has 0 saturated heterocycles. The average Bonchev–Trinajstić information content (AvgIpc) is 1.84. The van der Waals surface area contributed by atoms with Crippen molar-refractivity contribution in [1.29, 1.82) is 0 Å². The molecule has 0 aromatic rings. The lowest BCUT2D eigenvalue weighted by molar-refractivity contribution is -0.137. The molecule has 0 fully saturated rings. The highest BCUT2D eigenvalue weighted by Crippen LogP contribution is 1.98. The summed E-state index contributed by atoms with van der Waals surface area (Å²) in [4.78, 5) is 10.4.